The lowest BCUT2D eigenvalue weighted by molar-refractivity contribution is 0.0695. The van der Waals surface area contributed by atoms with Crippen molar-refractivity contribution in [1.82, 2.24) is 4.57 Å². The number of hydrogen-bond donors (Lipinski definition) is 1. The zero-order chi connectivity index (χ0) is 14.9. The van der Waals surface area contributed by atoms with Crippen LogP contribution < -0.4 is 5.43 Å². The minimum atomic E-state index is -1.19. The average molecular weight is 271 g/mol. The maximum Gasteiger partial charge on any atom is 0.341 e. The van der Waals surface area contributed by atoms with Gasteiger partial charge in [-0.3, -0.25) is 4.79 Å². The summed E-state index contributed by atoms with van der Waals surface area (Å²) in [6.45, 7) is 6.32. The van der Waals surface area contributed by atoms with Crippen molar-refractivity contribution in [1.29, 1.82) is 0 Å². The first-order valence-electron chi connectivity index (χ1n) is 6.50. The molecule has 1 N–H and O–H groups in total. The SMILES string of the molecule is CCn1c(C)cc(=O)c(C(=O)O)c1-c1ccc(C)cc1. The fourth-order valence-electron chi connectivity index (χ4n) is 2.39. The fourth-order valence-corrected chi connectivity index (χ4v) is 2.39. The molecule has 0 aliphatic heterocycles. The van der Waals surface area contributed by atoms with Gasteiger partial charge < -0.3 is 9.67 Å². The van der Waals surface area contributed by atoms with Crippen molar-refractivity contribution >= 4 is 5.97 Å². The van der Waals surface area contributed by atoms with Crippen LogP contribution in [0.15, 0.2) is 35.1 Å². The van der Waals surface area contributed by atoms with Crippen molar-refractivity contribution in [2.24, 2.45) is 0 Å². The number of nitrogens with zero attached hydrogens (tertiary/aromatic N) is 1. The molecule has 0 aliphatic carbocycles. The summed E-state index contributed by atoms with van der Waals surface area (Å²) < 4.78 is 1.86. The van der Waals surface area contributed by atoms with Gasteiger partial charge in [0, 0.05) is 18.3 Å². The van der Waals surface area contributed by atoms with Crippen molar-refractivity contribution in [3.8, 4) is 11.3 Å². The van der Waals surface area contributed by atoms with Crippen molar-refractivity contribution < 1.29 is 9.90 Å². The summed E-state index contributed by atoms with van der Waals surface area (Å²) in [6, 6.07) is 8.90. The Morgan fingerprint density at radius 1 is 1.20 bits per heavy atom. The molecule has 0 bridgehead atoms. The van der Waals surface area contributed by atoms with Crippen molar-refractivity contribution in [3.05, 3.63) is 57.4 Å². The third-order valence-electron chi connectivity index (χ3n) is 3.37. The molecular weight excluding hydrogens is 254 g/mol. The molecule has 0 atom stereocenters. The molecule has 0 spiro atoms. The van der Waals surface area contributed by atoms with Crippen LogP contribution in [0.2, 0.25) is 0 Å². The van der Waals surface area contributed by atoms with E-state index in [2.05, 4.69) is 0 Å². The highest BCUT2D eigenvalue weighted by molar-refractivity contribution is 5.95. The number of rotatable bonds is 3. The molecule has 0 amide bonds. The lowest BCUT2D eigenvalue weighted by Crippen LogP contribution is -2.22. The molecule has 1 aromatic carbocycles. The van der Waals surface area contributed by atoms with Crippen LogP contribution in [0.25, 0.3) is 11.3 Å². The highest BCUT2D eigenvalue weighted by Gasteiger charge is 2.20. The summed E-state index contributed by atoms with van der Waals surface area (Å²) in [7, 11) is 0. The van der Waals surface area contributed by atoms with E-state index in [0.29, 0.717) is 12.2 Å². The molecule has 2 aromatic rings. The third-order valence-corrected chi connectivity index (χ3v) is 3.37. The molecule has 0 saturated carbocycles. The van der Waals surface area contributed by atoms with Crippen LogP contribution in [0.5, 0.6) is 0 Å². The van der Waals surface area contributed by atoms with Gasteiger partial charge in [-0.05, 0) is 26.3 Å². The van der Waals surface area contributed by atoms with E-state index in [0.717, 1.165) is 16.8 Å². The summed E-state index contributed by atoms with van der Waals surface area (Å²) in [5.41, 5.74) is 2.46. The highest BCUT2D eigenvalue weighted by Crippen LogP contribution is 2.24. The van der Waals surface area contributed by atoms with Gasteiger partial charge in [-0.15, -0.1) is 0 Å². The zero-order valence-electron chi connectivity index (χ0n) is 11.8. The van der Waals surface area contributed by atoms with Crippen molar-refractivity contribution in [2.45, 2.75) is 27.3 Å². The van der Waals surface area contributed by atoms with E-state index in [9.17, 15) is 14.7 Å². The fraction of sp³-hybridized carbons (Fsp3) is 0.250. The van der Waals surface area contributed by atoms with Crippen LogP contribution in [-0.2, 0) is 6.54 Å². The number of pyridine rings is 1. The van der Waals surface area contributed by atoms with Crippen LogP contribution >= 0.6 is 0 Å². The number of aromatic nitrogens is 1. The Labute approximate surface area is 117 Å². The molecule has 0 saturated heterocycles. The molecule has 2 rings (SSSR count). The second-order valence-electron chi connectivity index (χ2n) is 4.79. The van der Waals surface area contributed by atoms with Gasteiger partial charge >= 0.3 is 5.97 Å². The topological polar surface area (TPSA) is 59.3 Å². The Hall–Kier alpha value is -2.36. The molecule has 1 aromatic heterocycles. The van der Waals surface area contributed by atoms with Crippen LogP contribution in [0.4, 0.5) is 0 Å². The Balaban J connectivity index is 2.87. The smallest absolute Gasteiger partial charge is 0.341 e. The van der Waals surface area contributed by atoms with Gasteiger partial charge in [0.25, 0.3) is 0 Å². The van der Waals surface area contributed by atoms with Gasteiger partial charge in [-0.1, -0.05) is 29.8 Å². The van der Waals surface area contributed by atoms with Crippen LogP contribution in [-0.4, -0.2) is 15.6 Å². The maximum absolute atomic E-state index is 12.0. The highest BCUT2D eigenvalue weighted by atomic mass is 16.4. The predicted octanol–water partition coefficient (Wildman–Crippen LogP) is 2.85. The van der Waals surface area contributed by atoms with Gasteiger partial charge in [0.2, 0.25) is 0 Å². The molecule has 0 aliphatic rings. The molecule has 4 nitrogen and oxygen atoms in total. The summed E-state index contributed by atoms with van der Waals surface area (Å²) >= 11 is 0. The number of aryl methyl sites for hydroxylation is 2. The van der Waals surface area contributed by atoms with Crippen molar-refractivity contribution in [2.75, 3.05) is 0 Å². The van der Waals surface area contributed by atoms with E-state index in [1.54, 1.807) is 0 Å². The Kier molecular flexibility index (Phi) is 3.74. The minimum absolute atomic E-state index is 0.165. The first-order valence-corrected chi connectivity index (χ1v) is 6.50. The van der Waals surface area contributed by atoms with E-state index >= 15 is 0 Å². The van der Waals surface area contributed by atoms with E-state index in [-0.39, 0.29) is 5.56 Å². The standard InChI is InChI=1S/C16H17NO3/c1-4-17-11(3)9-13(18)14(16(19)20)15(17)12-7-5-10(2)6-8-12/h5-9H,4H2,1-3H3,(H,19,20). The number of carboxylic acid groups (broad SMARTS) is 1. The van der Waals surface area contributed by atoms with E-state index in [4.69, 9.17) is 0 Å². The second kappa shape index (κ2) is 5.33. The summed E-state index contributed by atoms with van der Waals surface area (Å²) in [5.74, 6) is -1.19. The molecule has 4 heteroatoms. The maximum atomic E-state index is 12.0. The molecule has 104 valence electrons. The van der Waals surface area contributed by atoms with E-state index in [1.165, 1.54) is 6.07 Å². The number of carboxylic acids is 1. The quantitative estimate of drug-likeness (QED) is 0.933. The normalized spacial score (nSPS) is 10.6. The van der Waals surface area contributed by atoms with Crippen LogP contribution in [0.1, 0.15) is 28.5 Å². The summed E-state index contributed by atoms with van der Waals surface area (Å²) in [5, 5.41) is 9.36. The Bertz CT molecular complexity index is 712. The van der Waals surface area contributed by atoms with Gasteiger partial charge in [0.1, 0.15) is 5.56 Å². The minimum Gasteiger partial charge on any atom is -0.477 e. The number of benzene rings is 1. The van der Waals surface area contributed by atoms with Crippen LogP contribution in [0, 0.1) is 13.8 Å². The lowest BCUT2D eigenvalue weighted by Gasteiger charge is -2.17. The third kappa shape index (κ3) is 2.37. The zero-order valence-corrected chi connectivity index (χ0v) is 11.8. The predicted molar refractivity (Wildman–Crippen MR) is 78.2 cm³/mol. The molecule has 0 unspecified atom stereocenters. The van der Waals surface area contributed by atoms with Crippen molar-refractivity contribution in [3.63, 3.8) is 0 Å². The Morgan fingerprint density at radius 3 is 2.30 bits per heavy atom. The van der Waals surface area contributed by atoms with Gasteiger partial charge in [-0.25, -0.2) is 4.79 Å². The van der Waals surface area contributed by atoms with Gasteiger partial charge in [0.15, 0.2) is 5.43 Å². The molecule has 1 heterocycles. The Morgan fingerprint density at radius 2 is 1.80 bits per heavy atom. The largest absolute Gasteiger partial charge is 0.477 e. The number of aromatic carboxylic acids is 1. The van der Waals surface area contributed by atoms with E-state index < -0.39 is 11.4 Å². The first kappa shape index (κ1) is 14.1. The number of carbonyl (C=O) groups is 1. The molecule has 0 fully saturated rings. The summed E-state index contributed by atoms with van der Waals surface area (Å²) in [4.78, 5) is 23.5. The molecular formula is C16H17NO3. The van der Waals surface area contributed by atoms with Gasteiger partial charge in [-0.2, -0.15) is 0 Å². The first-order chi connectivity index (χ1) is 9.45. The average Bonchev–Trinajstić information content (AvgIpc) is 2.38. The molecule has 0 radical (unpaired) electrons. The number of hydrogen-bond acceptors (Lipinski definition) is 2. The monoisotopic (exact) mass is 271 g/mol. The lowest BCUT2D eigenvalue weighted by atomic mass is 10.0. The second-order valence-corrected chi connectivity index (χ2v) is 4.79. The van der Waals surface area contributed by atoms with Crippen LogP contribution in [0.3, 0.4) is 0 Å². The van der Waals surface area contributed by atoms with Gasteiger partial charge in [0.05, 0.1) is 5.69 Å². The summed E-state index contributed by atoms with van der Waals surface area (Å²) in [6.07, 6.45) is 0. The molecule has 20 heavy (non-hydrogen) atoms. The van der Waals surface area contributed by atoms with E-state index in [1.807, 2.05) is 49.6 Å².